The zero-order valence-electron chi connectivity index (χ0n) is 16.3. The number of hydrogen-bond acceptors (Lipinski definition) is 4. The fourth-order valence-electron chi connectivity index (χ4n) is 2.51. The Hall–Kier alpha value is -0.610. The highest BCUT2D eigenvalue weighted by atomic mass is 127. The fraction of sp³-hybridized carbons (Fsp3) is 0.889. The summed E-state index contributed by atoms with van der Waals surface area (Å²) in [5.74, 6) is 1.48. The van der Waals surface area contributed by atoms with E-state index in [1.54, 1.807) is 0 Å². The van der Waals surface area contributed by atoms with Gasteiger partial charge in [0, 0.05) is 59.0 Å². The van der Waals surface area contributed by atoms with Gasteiger partial charge in [-0.3, -0.25) is 9.79 Å². The van der Waals surface area contributed by atoms with Crippen molar-refractivity contribution < 1.29 is 14.3 Å². The van der Waals surface area contributed by atoms with Crippen LogP contribution in [0.15, 0.2) is 4.99 Å². The molecule has 8 heteroatoms. The van der Waals surface area contributed by atoms with E-state index in [4.69, 9.17) is 9.47 Å². The first-order chi connectivity index (χ1) is 12.3. The fourth-order valence-corrected chi connectivity index (χ4v) is 2.51. The van der Waals surface area contributed by atoms with Crippen LogP contribution in [0.4, 0.5) is 0 Å². The summed E-state index contributed by atoms with van der Waals surface area (Å²) in [6, 6.07) is 0. The number of guanidine groups is 1. The number of aliphatic imine (C=N–C) groups is 1. The number of carbonyl (C=O) groups excluding carboxylic acids is 1. The van der Waals surface area contributed by atoms with Gasteiger partial charge in [-0.15, -0.1) is 24.0 Å². The number of carbonyl (C=O) groups is 1. The number of hydrogen-bond donors (Lipinski definition) is 3. The summed E-state index contributed by atoms with van der Waals surface area (Å²) >= 11 is 0. The van der Waals surface area contributed by atoms with Crippen LogP contribution in [-0.4, -0.2) is 64.5 Å². The van der Waals surface area contributed by atoms with Gasteiger partial charge in [0.2, 0.25) is 5.91 Å². The molecule has 0 aromatic carbocycles. The van der Waals surface area contributed by atoms with E-state index in [0.717, 1.165) is 71.2 Å². The zero-order chi connectivity index (χ0) is 18.2. The Morgan fingerprint density at radius 3 is 2.62 bits per heavy atom. The van der Waals surface area contributed by atoms with Crippen molar-refractivity contribution >= 4 is 35.8 Å². The van der Waals surface area contributed by atoms with Crippen molar-refractivity contribution in [3.63, 3.8) is 0 Å². The Balaban J connectivity index is 0.00000625. The van der Waals surface area contributed by atoms with E-state index in [-0.39, 0.29) is 29.9 Å². The smallest absolute Gasteiger partial charge is 0.221 e. The van der Waals surface area contributed by atoms with Crippen molar-refractivity contribution in [3.8, 4) is 0 Å². The molecule has 1 amide bonds. The van der Waals surface area contributed by atoms with E-state index >= 15 is 0 Å². The molecular formula is C18H37IN4O3. The van der Waals surface area contributed by atoms with E-state index in [1.165, 1.54) is 0 Å². The van der Waals surface area contributed by atoms with E-state index in [9.17, 15) is 4.79 Å². The summed E-state index contributed by atoms with van der Waals surface area (Å²) in [6.07, 6.45) is 4.53. The topological polar surface area (TPSA) is 84.0 Å². The van der Waals surface area contributed by atoms with Crippen LogP contribution in [0.5, 0.6) is 0 Å². The molecule has 1 aliphatic heterocycles. The Kier molecular flexibility index (Phi) is 17.4. The van der Waals surface area contributed by atoms with Gasteiger partial charge in [0.25, 0.3) is 0 Å². The molecule has 0 aromatic rings. The molecule has 0 saturated carbocycles. The third-order valence-corrected chi connectivity index (χ3v) is 3.97. The predicted molar refractivity (Wildman–Crippen MR) is 116 cm³/mol. The second-order valence-electron chi connectivity index (χ2n) is 6.27. The maximum absolute atomic E-state index is 11.6. The lowest BCUT2D eigenvalue weighted by molar-refractivity contribution is -0.120. The minimum absolute atomic E-state index is 0. The number of amides is 1. The van der Waals surface area contributed by atoms with E-state index in [2.05, 4.69) is 20.9 Å². The molecule has 1 heterocycles. The molecule has 0 unspecified atom stereocenters. The summed E-state index contributed by atoms with van der Waals surface area (Å²) < 4.78 is 11.1. The maximum Gasteiger partial charge on any atom is 0.221 e. The lowest BCUT2D eigenvalue weighted by Crippen LogP contribution is -2.39. The lowest BCUT2D eigenvalue weighted by atomic mass is 10.0. The molecule has 1 rings (SSSR count). The van der Waals surface area contributed by atoms with E-state index < -0.39 is 0 Å². The number of halogens is 1. The molecule has 3 N–H and O–H groups in total. The van der Waals surface area contributed by atoms with Crippen LogP contribution in [0.25, 0.3) is 0 Å². The molecule has 1 fully saturated rings. The standard InChI is InChI=1S/C18H36N4O3.HI/c1-3-9-20-17(23)6-11-22-18(19-4-2)21-10-5-12-25-15-16-7-13-24-14-8-16;/h16H,3-15H2,1-2H3,(H,20,23)(H2,19,21,22);1H. The van der Waals surface area contributed by atoms with Crippen molar-refractivity contribution in [3.05, 3.63) is 0 Å². The second kappa shape index (κ2) is 17.8. The second-order valence-corrected chi connectivity index (χ2v) is 6.27. The molecule has 0 aliphatic carbocycles. The predicted octanol–water partition coefficient (Wildman–Crippen LogP) is 1.91. The Morgan fingerprint density at radius 2 is 1.92 bits per heavy atom. The van der Waals surface area contributed by atoms with Gasteiger partial charge in [-0.2, -0.15) is 0 Å². The molecule has 0 aromatic heterocycles. The first-order valence-electron chi connectivity index (χ1n) is 9.70. The average molecular weight is 484 g/mol. The minimum atomic E-state index is 0. The third-order valence-electron chi connectivity index (χ3n) is 3.97. The van der Waals surface area contributed by atoms with Gasteiger partial charge in [0.1, 0.15) is 0 Å². The van der Waals surface area contributed by atoms with Crippen LogP contribution in [0.2, 0.25) is 0 Å². The molecule has 0 radical (unpaired) electrons. The molecule has 0 bridgehead atoms. The monoisotopic (exact) mass is 484 g/mol. The van der Waals surface area contributed by atoms with Gasteiger partial charge in [-0.1, -0.05) is 6.92 Å². The summed E-state index contributed by atoms with van der Waals surface area (Å²) in [5.41, 5.74) is 0. The lowest BCUT2D eigenvalue weighted by Gasteiger charge is -2.21. The Morgan fingerprint density at radius 1 is 1.15 bits per heavy atom. The van der Waals surface area contributed by atoms with E-state index in [0.29, 0.717) is 25.4 Å². The van der Waals surface area contributed by atoms with Gasteiger partial charge in [-0.25, -0.2) is 0 Å². The molecule has 1 aliphatic rings. The molecule has 0 spiro atoms. The minimum Gasteiger partial charge on any atom is -0.381 e. The van der Waals surface area contributed by atoms with Gasteiger partial charge in [0.05, 0.1) is 0 Å². The summed E-state index contributed by atoms with van der Waals surface area (Å²) in [4.78, 5) is 16.1. The average Bonchev–Trinajstić information content (AvgIpc) is 2.63. The number of rotatable bonds is 12. The van der Waals surface area contributed by atoms with Gasteiger partial charge in [0.15, 0.2) is 5.96 Å². The third kappa shape index (κ3) is 13.6. The highest BCUT2D eigenvalue weighted by Gasteiger charge is 2.13. The Labute approximate surface area is 175 Å². The van der Waals surface area contributed by atoms with Crippen LogP contribution in [0.1, 0.15) is 46.0 Å². The van der Waals surface area contributed by atoms with E-state index in [1.807, 2.05) is 13.8 Å². The highest BCUT2D eigenvalue weighted by molar-refractivity contribution is 14.0. The van der Waals surface area contributed by atoms with Crippen LogP contribution < -0.4 is 16.0 Å². The van der Waals surface area contributed by atoms with Gasteiger partial charge in [-0.05, 0) is 38.5 Å². The van der Waals surface area contributed by atoms with Crippen LogP contribution in [0, 0.1) is 5.92 Å². The largest absolute Gasteiger partial charge is 0.381 e. The maximum atomic E-state index is 11.6. The number of nitrogens with one attached hydrogen (secondary N) is 3. The summed E-state index contributed by atoms with van der Waals surface area (Å²) in [7, 11) is 0. The van der Waals surface area contributed by atoms with Crippen LogP contribution >= 0.6 is 24.0 Å². The molecule has 1 saturated heterocycles. The Bertz CT molecular complexity index is 377. The highest BCUT2D eigenvalue weighted by Crippen LogP contribution is 2.14. The first kappa shape index (κ1) is 25.4. The molecule has 26 heavy (non-hydrogen) atoms. The molecule has 154 valence electrons. The molecule has 0 atom stereocenters. The molecular weight excluding hydrogens is 447 g/mol. The quantitative estimate of drug-likeness (QED) is 0.171. The van der Waals surface area contributed by atoms with Crippen molar-refractivity contribution in [2.24, 2.45) is 10.9 Å². The van der Waals surface area contributed by atoms with Crippen molar-refractivity contribution in [1.29, 1.82) is 0 Å². The zero-order valence-corrected chi connectivity index (χ0v) is 18.7. The van der Waals surface area contributed by atoms with Crippen LogP contribution in [-0.2, 0) is 14.3 Å². The van der Waals surface area contributed by atoms with Crippen molar-refractivity contribution in [2.75, 3.05) is 52.6 Å². The number of ether oxygens (including phenoxy) is 2. The van der Waals surface area contributed by atoms with Crippen molar-refractivity contribution in [2.45, 2.75) is 46.0 Å². The first-order valence-corrected chi connectivity index (χ1v) is 9.70. The van der Waals surface area contributed by atoms with Gasteiger partial charge < -0.3 is 25.4 Å². The normalized spacial score (nSPS) is 15.2. The van der Waals surface area contributed by atoms with Gasteiger partial charge >= 0.3 is 0 Å². The number of nitrogens with zero attached hydrogens (tertiary/aromatic N) is 1. The summed E-state index contributed by atoms with van der Waals surface area (Å²) in [6.45, 7) is 10.2. The summed E-state index contributed by atoms with van der Waals surface area (Å²) in [5, 5.41) is 9.26. The molecule has 7 nitrogen and oxygen atoms in total. The SMILES string of the molecule is CCCNC(=O)CCNC(=NCCCOCC1CCOCC1)NCC.I. The van der Waals surface area contributed by atoms with Crippen LogP contribution in [0.3, 0.4) is 0 Å². The van der Waals surface area contributed by atoms with Crippen molar-refractivity contribution in [1.82, 2.24) is 16.0 Å².